The molecule has 0 aliphatic carbocycles. The first-order chi connectivity index (χ1) is 9.04. The van der Waals surface area contributed by atoms with E-state index in [1.54, 1.807) is 4.90 Å². The second kappa shape index (κ2) is 6.38. The standard InChI is InChI=1S/C12H25N3O4S/c1-12(2,3)19-10-11(16)14-6-8-15(9-7-14)20(17,18)13(4)5/h6-10H2,1-5H3. The van der Waals surface area contributed by atoms with Crippen molar-refractivity contribution in [2.75, 3.05) is 46.9 Å². The van der Waals surface area contributed by atoms with Gasteiger partial charge in [-0.1, -0.05) is 0 Å². The third-order valence-corrected chi connectivity index (χ3v) is 4.95. The maximum absolute atomic E-state index is 12.0. The van der Waals surface area contributed by atoms with Gasteiger partial charge in [-0.2, -0.15) is 17.0 Å². The highest BCUT2D eigenvalue weighted by Crippen LogP contribution is 2.11. The zero-order valence-electron chi connectivity index (χ0n) is 12.9. The van der Waals surface area contributed by atoms with E-state index in [1.807, 2.05) is 20.8 Å². The normalized spacial score (nSPS) is 18.6. The molecule has 0 spiro atoms. The summed E-state index contributed by atoms with van der Waals surface area (Å²) < 4.78 is 31.9. The monoisotopic (exact) mass is 307 g/mol. The summed E-state index contributed by atoms with van der Waals surface area (Å²) in [6.45, 7) is 7.15. The van der Waals surface area contributed by atoms with Crippen LogP contribution in [-0.4, -0.2) is 80.3 Å². The number of piperazine rings is 1. The molecule has 1 rings (SSSR count). The van der Waals surface area contributed by atoms with Crippen molar-refractivity contribution in [2.45, 2.75) is 26.4 Å². The fourth-order valence-corrected chi connectivity index (χ4v) is 2.86. The van der Waals surface area contributed by atoms with Crippen LogP contribution in [0.5, 0.6) is 0 Å². The van der Waals surface area contributed by atoms with E-state index >= 15 is 0 Å². The molecule has 8 heteroatoms. The molecule has 0 N–H and O–H groups in total. The zero-order chi connectivity index (χ0) is 15.6. The minimum atomic E-state index is -3.39. The van der Waals surface area contributed by atoms with Gasteiger partial charge in [-0.15, -0.1) is 0 Å². The number of amides is 1. The van der Waals surface area contributed by atoms with Crippen molar-refractivity contribution >= 4 is 16.1 Å². The molecule has 1 aliphatic heterocycles. The van der Waals surface area contributed by atoms with Gasteiger partial charge in [0.1, 0.15) is 6.61 Å². The summed E-state index contributed by atoms with van der Waals surface area (Å²) in [4.78, 5) is 13.6. The lowest BCUT2D eigenvalue weighted by atomic mass is 10.2. The van der Waals surface area contributed by atoms with Crippen LogP contribution in [-0.2, 0) is 19.7 Å². The lowest BCUT2D eigenvalue weighted by Crippen LogP contribution is -2.53. The van der Waals surface area contributed by atoms with Gasteiger partial charge in [-0.3, -0.25) is 4.79 Å². The summed E-state index contributed by atoms with van der Waals surface area (Å²) in [5.74, 6) is -0.0955. The Morgan fingerprint density at radius 2 is 1.65 bits per heavy atom. The molecule has 1 heterocycles. The van der Waals surface area contributed by atoms with Crippen molar-refractivity contribution in [1.29, 1.82) is 0 Å². The Morgan fingerprint density at radius 1 is 1.15 bits per heavy atom. The smallest absolute Gasteiger partial charge is 0.281 e. The van der Waals surface area contributed by atoms with Gasteiger partial charge < -0.3 is 9.64 Å². The molecule has 1 aliphatic rings. The number of hydrogen-bond donors (Lipinski definition) is 0. The highest BCUT2D eigenvalue weighted by atomic mass is 32.2. The Hall–Kier alpha value is -0.700. The predicted octanol–water partition coefficient (Wildman–Crippen LogP) is -0.248. The molecule has 20 heavy (non-hydrogen) atoms. The Kier molecular flexibility index (Phi) is 5.54. The van der Waals surface area contributed by atoms with Gasteiger partial charge in [0.2, 0.25) is 5.91 Å². The topological polar surface area (TPSA) is 70.2 Å². The first-order valence-corrected chi connectivity index (χ1v) is 8.03. The SMILES string of the molecule is CN(C)S(=O)(=O)N1CCN(C(=O)COC(C)(C)C)CC1. The molecule has 0 saturated carbocycles. The predicted molar refractivity (Wildman–Crippen MR) is 76.5 cm³/mol. The van der Waals surface area contributed by atoms with Crippen LogP contribution >= 0.6 is 0 Å². The summed E-state index contributed by atoms with van der Waals surface area (Å²) in [5, 5.41) is 0. The van der Waals surface area contributed by atoms with Gasteiger partial charge in [0.25, 0.3) is 10.2 Å². The van der Waals surface area contributed by atoms with Crippen LogP contribution in [0.25, 0.3) is 0 Å². The van der Waals surface area contributed by atoms with Gasteiger partial charge in [-0.25, -0.2) is 0 Å². The third kappa shape index (κ3) is 4.69. The summed E-state index contributed by atoms with van der Waals surface area (Å²) >= 11 is 0. The lowest BCUT2D eigenvalue weighted by molar-refractivity contribution is -0.142. The van der Waals surface area contributed by atoms with E-state index in [2.05, 4.69) is 0 Å². The average Bonchev–Trinajstić information content (AvgIpc) is 2.35. The van der Waals surface area contributed by atoms with Crippen LogP contribution in [0.2, 0.25) is 0 Å². The van der Waals surface area contributed by atoms with Gasteiger partial charge in [0, 0.05) is 40.3 Å². The molecule has 0 unspecified atom stereocenters. The number of hydrogen-bond acceptors (Lipinski definition) is 4. The molecule has 0 aromatic heterocycles. The van der Waals surface area contributed by atoms with Gasteiger partial charge in [0.05, 0.1) is 5.60 Å². The van der Waals surface area contributed by atoms with E-state index in [1.165, 1.54) is 22.7 Å². The first kappa shape index (κ1) is 17.4. The molecule has 7 nitrogen and oxygen atoms in total. The van der Waals surface area contributed by atoms with E-state index in [0.29, 0.717) is 26.2 Å². The minimum Gasteiger partial charge on any atom is -0.366 e. The van der Waals surface area contributed by atoms with Crippen molar-refractivity contribution in [3.63, 3.8) is 0 Å². The first-order valence-electron chi connectivity index (χ1n) is 6.63. The fraction of sp³-hybridized carbons (Fsp3) is 0.917. The molecule has 0 aromatic carbocycles. The maximum Gasteiger partial charge on any atom is 0.281 e. The Bertz CT molecular complexity index is 434. The van der Waals surface area contributed by atoms with Crippen molar-refractivity contribution in [1.82, 2.24) is 13.5 Å². The molecule has 1 fully saturated rings. The summed E-state index contributed by atoms with van der Waals surface area (Å²) in [5.41, 5.74) is -0.355. The summed E-state index contributed by atoms with van der Waals surface area (Å²) in [7, 11) is -0.379. The molecular formula is C12H25N3O4S. The number of carbonyl (C=O) groups excluding carboxylic acids is 1. The summed E-state index contributed by atoms with van der Waals surface area (Å²) in [6.07, 6.45) is 0. The second-order valence-corrected chi connectivity index (χ2v) is 8.11. The molecule has 118 valence electrons. The number of nitrogens with zero attached hydrogens (tertiary/aromatic N) is 3. The molecule has 1 saturated heterocycles. The Labute approximate surface area is 121 Å². The number of rotatable bonds is 4. The zero-order valence-corrected chi connectivity index (χ0v) is 13.7. The van der Waals surface area contributed by atoms with Crippen molar-refractivity contribution in [2.24, 2.45) is 0 Å². The van der Waals surface area contributed by atoms with Crippen molar-refractivity contribution in [3.8, 4) is 0 Å². The van der Waals surface area contributed by atoms with Crippen molar-refractivity contribution in [3.05, 3.63) is 0 Å². The lowest BCUT2D eigenvalue weighted by Gasteiger charge is -2.35. The minimum absolute atomic E-state index is 0.0317. The van der Waals surface area contributed by atoms with E-state index in [9.17, 15) is 13.2 Å². The molecule has 1 amide bonds. The number of carbonyl (C=O) groups is 1. The molecular weight excluding hydrogens is 282 g/mol. The van der Waals surface area contributed by atoms with E-state index < -0.39 is 10.2 Å². The van der Waals surface area contributed by atoms with Crippen molar-refractivity contribution < 1.29 is 17.9 Å². The maximum atomic E-state index is 12.0. The molecule has 0 bridgehead atoms. The molecule has 0 atom stereocenters. The second-order valence-electron chi connectivity index (χ2n) is 5.97. The highest BCUT2D eigenvalue weighted by molar-refractivity contribution is 7.86. The van der Waals surface area contributed by atoms with E-state index in [-0.39, 0.29) is 18.1 Å². The average molecular weight is 307 g/mol. The molecule has 0 aromatic rings. The quantitative estimate of drug-likeness (QED) is 0.718. The Morgan fingerprint density at radius 3 is 2.05 bits per heavy atom. The third-order valence-electron chi connectivity index (χ3n) is 3.01. The van der Waals surface area contributed by atoms with Crippen LogP contribution in [0, 0.1) is 0 Å². The van der Waals surface area contributed by atoms with Crippen LogP contribution < -0.4 is 0 Å². The Balaban J connectivity index is 2.49. The largest absolute Gasteiger partial charge is 0.366 e. The van der Waals surface area contributed by atoms with Gasteiger partial charge in [-0.05, 0) is 20.8 Å². The van der Waals surface area contributed by atoms with Crippen LogP contribution in [0.1, 0.15) is 20.8 Å². The fourth-order valence-electron chi connectivity index (χ4n) is 1.77. The van der Waals surface area contributed by atoms with Gasteiger partial charge >= 0.3 is 0 Å². The van der Waals surface area contributed by atoms with Gasteiger partial charge in [0.15, 0.2) is 0 Å². The number of ether oxygens (including phenoxy) is 1. The van der Waals surface area contributed by atoms with E-state index in [0.717, 1.165) is 0 Å². The molecule has 0 radical (unpaired) electrons. The van der Waals surface area contributed by atoms with E-state index in [4.69, 9.17) is 4.74 Å². The summed E-state index contributed by atoms with van der Waals surface area (Å²) in [6, 6.07) is 0. The van der Waals surface area contributed by atoms with Crippen LogP contribution in [0.3, 0.4) is 0 Å². The van der Waals surface area contributed by atoms with Crippen LogP contribution in [0.4, 0.5) is 0 Å². The highest BCUT2D eigenvalue weighted by Gasteiger charge is 2.30. The van der Waals surface area contributed by atoms with Crippen LogP contribution in [0.15, 0.2) is 0 Å².